The highest BCUT2D eigenvalue weighted by atomic mass is 15.0. The lowest BCUT2D eigenvalue weighted by Crippen LogP contribution is -2.21. The third-order valence-electron chi connectivity index (χ3n) is 1.71. The molecule has 0 saturated heterocycles. The van der Waals surface area contributed by atoms with E-state index in [2.05, 4.69) is 30.4 Å². The largest absolute Gasteiger partial charge is 0.351 e. The highest BCUT2D eigenvalue weighted by Crippen LogP contribution is 2.10. The third kappa shape index (κ3) is 1.59. The Morgan fingerprint density at radius 3 is 2.70 bits per heavy atom. The van der Waals surface area contributed by atoms with E-state index in [1.54, 1.807) is 0 Å². The fourth-order valence-corrected chi connectivity index (χ4v) is 0.848. The second-order valence-corrected chi connectivity index (χ2v) is 2.92. The number of amidine groups is 1. The summed E-state index contributed by atoms with van der Waals surface area (Å²) in [5.41, 5.74) is 1.38. The lowest BCUT2D eigenvalue weighted by Gasteiger charge is -2.14. The quantitative estimate of drug-likeness (QED) is 0.584. The standard InChI is InChI=1S/C8H14N2/c1-6(2)8-4-9-7(3)10-5-8/h4,6H,5H2,1-3H3,(H,9,10). The Morgan fingerprint density at radius 2 is 2.30 bits per heavy atom. The summed E-state index contributed by atoms with van der Waals surface area (Å²) in [6, 6.07) is 0. The zero-order valence-corrected chi connectivity index (χ0v) is 6.81. The predicted molar refractivity (Wildman–Crippen MR) is 44.0 cm³/mol. The van der Waals surface area contributed by atoms with Crippen LogP contribution in [0.5, 0.6) is 0 Å². The fraction of sp³-hybridized carbons (Fsp3) is 0.625. The molecule has 0 aromatic heterocycles. The SMILES string of the molecule is CC1=NCC(C(C)C)=CN1. The van der Waals surface area contributed by atoms with Gasteiger partial charge in [0.1, 0.15) is 0 Å². The molecular weight excluding hydrogens is 124 g/mol. The third-order valence-corrected chi connectivity index (χ3v) is 1.71. The maximum absolute atomic E-state index is 4.27. The molecule has 2 nitrogen and oxygen atoms in total. The number of hydrogen-bond acceptors (Lipinski definition) is 2. The first-order valence-electron chi connectivity index (χ1n) is 3.66. The highest BCUT2D eigenvalue weighted by molar-refractivity contribution is 5.81. The van der Waals surface area contributed by atoms with Crippen molar-refractivity contribution in [1.82, 2.24) is 5.32 Å². The minimum absolute atomic E-state index is 0.615. The van der Waals surface area contributed by atoms with Gasteiger partial charge in [0, 0.05) is 6.20 Å². The van der Waals surface area contributed by atoms with Crippen molar-refractivity contribution in [3.8, 4) is 0 Å². The van der Waals surface area contributed by atoms with Crippen LogP contribution in [0.2, 0.25) is 0 Å². The van der Waals surface area contributed by atoms with E-state index in [0.29, 0.717) is 5.92 Å². The maximum Gasteiger partial charge on any atom is 0.0975 e. The molecule has 56 valence electrons. The summed E-state index contributed by atoms with van der Waals surface area (Å²) in [6.45, 7) is 7.22. The molecule has 0 saturated carbocycles. The van der Waals surface area contributed by atoms with Crippen LogP contribution >= 0.6 is 0 Å². The van der Waals surface area contributed by atoms with Crippen molar-refractivity contribution in [2.45, 2.75) is 20.8 Å². The monoisotopic (exact) mass is 138 g/mol. The molecule has 0 aromatic carbocycles. The molecule has 2 heteroatoms. The van der Waals surface area contributed by atoms with E-state index in [-0.39, 0.29) is 0 Å². The summed E-state index contributed by atoms with van der Waals surface area (Å²) in [4.78, 5) is 4.27. The molecule has 0 aromatic rings. The van der Waals surface area contributed by atoms with Gasteiger partial charge < -0.3 is 5.32 Å². The topological polar surface area (TPSA) is 24.4 Å². The molecule has 0 spiro atoms. The number of hydrogen-bond donors (Lipinski definition) is 1. The maximum atomic E-state index is 4.27. The van der Waals surface area contributed by atoms with Gasteiger partial charge in [-0.15, -0.1) is 0 Å². The number of rotatable bonds is 1. The summed E-state index contributed by atoms with van der Waals surface area (Å²) in [7, 11) is 0. The van der Waals surface area contributed by atoms with Crippen LogP contribution in [-0.4, -0.2) is 12.4 Å². The fourth-order valence-electron chi connectivity index (χ4n) is 0.848. The van der Waals surface area contributed by atoms with Gasteiger partial charge in [-0.25, -0.2) is 0 Å². The second-order valence-electron chi connectivity index (χ2n) is 2.92. The Labute approximate surface area is 62.0 Å². The van der Waals surface area contributed by atoms with Gasteiger partial charge >= 0.3 is 0 Å². The molecule has 1 N–H and O–H groups in total. The van der Waals surface area contributed by atoms with Gasteiger partial charge in [0.2, 0.25) is 0 Å². The molecule has 1 aliphatic heterocycles. The lowest BCUT2D eigenvalue weighted by atomic mass is 10.0. The highest BCUT2D eigenvalue weighted by Gasteiger charge is 2.05. The van der Waals surface area contributed by atoms with Gasteiger partial charge in [0.25, 0.3) is 0 Å². The lowest BCUT2D eigenvalue weighted by molar-refractivity contribution is 0.730. The van der Waals surface area contributed by atoms with Crippen molar-refractivity contribution in [3.05, 3.63) is 11.8 Å². The van der Waals surface area contributed by atoms with Crippen LogP contribution in [-0.2, 0) is 0 Å². The minimum Gasteiger partial charge on any atom is -0.351 e. The zero-order chi connectivity index (χ0) is 7.56. The van der Waals surface area contributed by atoms with E-state index in [9.17, 15) is 0 Å². The van der Waals surface area contributed by atoms with E-state index in [1.165, 1.54) is 5.57 Å². The van der Waals surface area contributed by atoms with E-state index < -0.39 is 0 Å². The Balaban J connectivity index is 2.54. The molecule has 0 fully saturated rings. The first-order valence-corrected chi connectivity index (χ1v) is 3.66. The van der Waals surface area contributed by atoms with Crippen LogP contribution in [0.25, 0.3) is 0 Å². The van der Waals surface area contributed by atoms with Crippen molar-refractivity contribution >= 4 is 5.84 Å². The summed E-state index contributed by atoms with van der Waals surface area (Å²) >= 11 is 0. The zero-order valence-electron chi connectivity index (χ0n) is 6.81. The molecule has 0 unspecified atom stereocenters. The van der Waals surface area contributed by atoms with Crippen molar-refractivity contribution in [2.75, 3.05) is 6.54 Å². The Bertz CT molecular complexity index is 178. The molecule has 0 amide bonds. The first kappa shape index (κ1) is 7.32. The Morgan fingerprint density at radius 1 is 1.60 bits per heavy atom. The molecule has 1 aliphatic rings. The molecular formula is C8H14N2. The van der Waals surface area contributed by atoms with Gasteiger partial charge in [-0.1, -0.05) is 13.8 Å². The summed E-state index contributed by atoms with van der Waals surface area (Å²) < 4.78 is 0. The molecule has 1 heterocycles. The Hall–Kier alpha value is -0.790. The minimum atomic E-state index is 0.615. The van der Waals surface area contributed by atoms with Crippen LogP contribution < -0.4 is 5.32 Å². The molecule has 0 aliphatic carbocycles. The molecule has 10 heavy (non-hydrogen) atoms. The van der Waals surface area contributed by atoms with E-state index >= 15 is 0 Å². The molecule has 0 bridgehead atoms. The summed E-state index contributed by atoms with van der Waals surface area (Å²) in [5, 5.41) is 3.10. The van der Waals surface area contributed by atoms with Gasteiger partial charge in [-0.3, -0.25) is 4.99 Å². The van der Waals surface area contributed by atoms with Gasteiger partial charge in [-0.05, 0) is 18.4 Å². The number of nitrogens with one attached hydrogen (secondary N) is 1. The van der Waals surface area contributed by atoms with Crippen molar-refractivity contribution < 1.29 is 0 Å². The molecule has 0 radical (unpaired) electrons. The summed E-state index contributed by atoms with van der Waals surface area (Å²) in [6.07, 6.45) is 2.06. The van der Waals surface area contributed by atoms with Crippen LogP contribution in [0.3, 0.4) is 0 Å². The predicted octanol–water partition coefficient (Wildman–Crippen LogP) is 1.55. The Kier molecular flexibility index (Phi) is 2.10. The van der Waals surface area contributed by atoms with Crippen molar-refractivity contribution in [2.24, 2.45) is 10.9 Å². The molecule has 1 rings (SSSR count). The molecule has 0 atom stereocenters. The average molecular weight is 138 g/mol. The average Bonchev–Trinajstić information content (AvgIpc) is 1.88. The number of nitrogens with zero attached hydrogens (tertiary/aromatic N) is 1. The van der Waals surface area contributed by atoms with Crippen LogP contribution in [0, 0.1) is 5.92 Å². The van der Waals surface area contributed by atoms with Gasteiger partial charge in [0.05, 0.1) is 12.4 Å². The van der Waals surface area contributed by atoms with E-state index in [4.69, 9.17) is 0 Å². The van der Waals surface area contributed by atoms with Gasteiger partial charge in [-0.2, -0.15) is 0 Å². The van der Waals surface area contributed by atoms with Crippen molar-refractivity contribution in [1.29, 1.82) is 0 Å². The van der Waals surface area contributed by atoms with Crippen LogP contribution in [0.1, 0.15) is 20.8 Å². The normalized spacial score (nSPS) is 18.0. The van der Waals surface area contributed by atoms with Crippen LogP contribution in [0.15, 0.2) is 16.8 Å². The van der Waals surface area contributed by atoms with E-state index in [0.717, 1.165) is 12.4 Å². The van der Waals surface area contributed by atoms with E-state index in [1.807, 2.05) is 6.92 Å². The first-order chi connectivity index (χ1) is 4.70. The van der Waals surface area contributed by atoms with Crippen molar-refractivity contribution in [3.63, 3.8) is 0 Å². The van der Waals surface area contributed by atoms with Crippen LogP contribution in [0.4, 0.5) is 0 Å². The smallest absolute Gasteiger partial charge is 0.0975 e. The van der Waals surface area contributed by atoms with Gasteiger partial charge in [0.15, 0.2) is 0 Å². The number of aliphatic imine (C=N–C) groups is 1. The summed E-state index contributed by atoms with van der Waals surface area (Å²) in [5.74, 6) is 1.63. The second kappa shape index (κ2) is 2.86.